The smallest absolute Gasteiger partial charge is 0.358 e. The van der Waals surface area contributed by atoms with Crippen LogP contribution in [0.1, 0.15) is 39.0 Å². The lowest BCUT2D eigenvalue weighted by molar-refractivity contribution is -0.144. The van der Waals surface area contributed by atoms with Crippen molar-refractivity contribution in [2.24, 2.45) is 0 Å². The molecular weight excluding hydrogens is 244 g/mol. The van der Waals surface area contributed by atoms with Crippen LogP contribution in [0.2, 0.25) is 0 Å². The summed E-state index contributed by atoms with van der Waals surface area (Å²) in [5.41, 5.74) is 0. The molecule has 0 N–H and O–H groups in total. The van der Waals surface area contributed by atoms with Crippen molar-refractivity contribution < 1.29 is 22.9 Å². The summed E-state index contributed by atoms with van der Waals surface area (Å²) in [6, 6.07) is 0. The van der Waals surface area contributed by atoms with Gasteiger partial charge in [-0.1, -0.05) is 13.3 Å². The maximum Gasteiger partial charge on any atom is 0.358 e. The molecule has 7 heteroatoms. The van der Waals surface area contributed by atoms with E-state index in [0.717, 1.165) is 12.8 Å². The Bertz CT molecular complexity index is 210. The van der Waals surface area contributed by atoms with Crippen molar-refractivity contribution in [3.8, 4) is 0 Å². The zero-order valence-corrected chi connectivity index (χ0v) is 13.4. The molecule has 0 atom stereocenters. The van der Waals surface area contributed by atoms with Crippen molar-refractivity contribution in [2.75, 3.05) is 6.61 Å². The number of ether oxygens (including phenoxy) is 1. The van der Waals surface area contributed by atoms with E-state index < -0.39 is 10.0 Å². The number of esters is 1. The van der Waals surface area contributed by atoms with E-state index in [1.54, 1.807) is 0 Å². The summed E-state index contributed by atoms with van der Waals surface area (Å²) in [6.07, 6.45) is 2.92. The number of rotatable bonds is 9. The van der Waals surface area contributed by atoms with E-state index in [1.807, 2.05) is 6.92 Å². The van der Waals surface area contributed by atoms with Gasteiger partial charge in [0.05, 0.1) is 6.61 Å². The van der Waals surface area contributed by atoms with Gasteiger partial charge in [-0.15, -0.1) is 0 Å². The van der Waals surface area contributed by atoms with Crippen LogP contribution in [0.4, 0.5) is 0 Å². The lowest BCUT2D eigenvalue weighted by Gasteiger charge is -2.04. The molecule has 0 unspecified atom stereocenters. The SMILES string of the molecule is CCCCOC(=O)CCCC(=O)O[SiH2]O[SiH3]. The molecule has 0 bridgehead atoms. The summed E-state index contributed by atoms with van der Waals surface area (Å²) >= 11 is 0. The van der Waals surface area contributed by atoms with Gasteiger partial charge in [0.2, 0.25) is 0 Å². The van der Waals surface area contributed by atoms with Gasteiger partial charge in [0.1, 0.15) is 10.5 Å². The minimum Gasteiger partial charge on any atom is -0.500 e. The second kappa shape index (κ2) is 10.8. The fourth-order valence-corrected chi connectivity index (χ4v) is 1.72. The van der Waals surface area contributed by atoms with Crippen LogP contribution in [-0.2, 0) is 22.9 Å². The van der Waals surface area contributed by atoms with Crippen LogP contribution < -0.4 is 0 Å². The lowest BCUT2D eigenvalue weighted by atomic mass is 10.2. The number of unbranched alkanes of at least 4 members (excludes halogenated alkanes) is 1. The van der Waals surface area contributed by atoms with E-state index in [2.05, 4.69) is 0 Å². The molecule has 94 valence electrons. The second-order valence-corrected chi connectivity index (χ2v) is 6.18. The molecule has 0 aromatic rings. The molecule has 0 saturated carbocycles. The normalized spacial score (nSPS) is 10.8. The average molecular weight is 264 g/mol. The quantitative estimate of drug-likeness (QED) is 0.314. The maximum absolute atomic E-state index is 11.1. The first-order valence-corrected chi connectivity index (χ1v) is 7.48. The van der Waals surface area contributed by atoms with Crippen molar-refractivity contribution in [2.45, 2.75) is 39.0 Å². The van der Waals surface area contributed by atoms with E-state index in [9.17, 15) is 9.59 Å². The Balaban J connectivity index is 3.36. The topological polar surface area (TPSA) is 61.8 Å². The Morgan fingerprint density at radius 2 is 1.88 bits per heavy atom. The molecule has 0 rings (SSSR count). The molecule has 0 aliphatic heterocycles. The fraction of sp³-hybridized carbons (Fsp3) is 0.778. The monoisotopic (exact) mass is 264 g/mol. The van der Waals surface area contributed by atoms with Crippen LogP contribution in [0.15, 0.2) is 0 Å². The summed E-state index contributed by atoms with van der Waals surface area (Å²) in [6.45, 7) is 2.51. The molecule has 16 heavy (non-hydrogen) atoms. The largest absolute Gasteiger partial charge is 0.500 e. The van der Waals surface area contributed by atoms with Crippen molar-refractivity contribution >= 4 is 32.4 Å². The number of carbonyl (C=O) groups is 2. The third kappa shape index (κ3) is 9.87. The first kappa shape index (κ1) is 15.3. The zero-order chi connectivity index (χ0) is 12.2. The van der Waals surface area contributed by atoms with Gasteiger partial charge in [0, 0.05) is 12.8 Å². The minimum absolute atomic E-state index is 0.238. The first-order chi connectivity index (χ1) is 7.70. The molecule has 0 aromatic carbocycles. The highest BCUT2D eigenvalue weighted by atomic mass is 28.3. The maximum atomic E-state index is 11.1. The Morgan fingerprint density at radius 3 is 2.50 bits per heavy atom. The Kier molecular flexibility index (Phi) is 10.4. The van der Waals surface area contributed by atoms with E-state index in [1.165, 1.54) is 0 Å². The van der Waals surface area contributed by atoms with Crippen molar-refractivity contribution in [1.29, 1.82) is 0 Å². The molecule has 0 aliphatic rings. The molecule has 0 aliphatic carbocycles. The van der Waals surface area contributed by atoms with Crippen LogP contribution in [-0.4, -0.2) is 39.0 Å². The van der Waals surface area contributed by atoms with Crippen LogP contribution in [0.25, 0.3) is 0 Å². The molecule has 0 fully saturated rings. The molecule has 5 nitrogen and oxygen atoms in total. The molecule has 0 spiro atoms. The molecule has 0 amide bonds. The molecule has 0 saturated heterocycles. The minimum atomic E-state index is -1.09. The zero-order valence-electron chi connectivity index (χ0n) is 9.99. The van der Waals surface area contributed by atoms with Crippen LogP contribution in [0.3, 0.4) is 0 Å². The van der Waals surface area contributed by atoms with Gasteiger partial charge in [-0.05, 0) is 12.8 Å². The summed E-state index contributed by atoms with van der Waals surface area (Å²) in [5, 5.41) is 0. The third-order valence-corrected chi connectivity index (χ3v) is 3.24. The number of carbonyl (C=O) groups excluding carboxylic acids is 2. The highest BCUT2D eigenvalue weighted by Gasteiger charge is 2.06. The van der Waals surface area contributed by atoms with Gasteiger partial charge in [-0.2, -0.15) is 0 Å². The second-order valence-electron chi connectivity index (χ2n) is 3.35. The van der Waals surface area contributed by atoms with Crippen LogP contribution >= 0.6 is 0 Å². The van der Waals surface area contributed by atoms with Gasteiger partial charge in [-0.3, -0.25) is 9.59 Å². The Labute approximate surface area is 101 Å². The number of hydrogen-bond acceptors (Lipinski definition) is 5. The molecule has 0 radical (unpaired) electrons. The Hall–Kier alpha value is -0.666. The lowest BCUT2D eigenvalue weighted by Crippen LogP contribution is -2.12. The standard InChI is InChI=1S/C9H20O5Si2/c1-2-3-7-12-8(10)5-4-6-9(11)13-16-14-15/h2-7,16H2,1,15H3. The predicted molar refractivity (Wildman–Crippen MR) is 65.4 cm³/mol. The summed E-state index contributed by atoms with van der Waals surface area (Å²) < 4.78 is 14.6. The summed E-state index contributed by atoms with van der Waals surface area (Å²) in [7, 11) is -0.486. The molecule has 0 aromatic heterocycles. The molecular formula is C9H20O5Si2. The van der Waals surface area contributed by atoms with E-state index >= 15 is 0 Å². The highest BCUT2D eigenvalue weighted by molar-refractivity contribution is 6.30. The van der Waals surface area contributed by atoms with Crippen molar-refractivity contribution in [3.05, 3.63) is 0 Å². The predicted octanol–water partition coefficient (Wildman–Crippen LogP) is -0.661. The van der Waals surface area contributed by atoms with Gasteiger partial charge >= 0.3 is 16.0 Å². The van der Waals surface area contributed by atoms with Gasteiger partial charge in [-0.25, -0.2) is 0 Å². The van der Waals surface area contributed by atoms with Gasteiger partial charge in [0.15, 0.2) is 0 Å². The van der Waals surface area contributed by atoms with E-state index in [0.29, 0.717) is 23.5 Å². The third-order valence-electron chi connectivity index (χ3n) is 1.86. The van der Waals surface area contributed by atoms with Crippen LogP contribution in [0, 0.1) is 0 Å². The van der Waals surface area contributed by atoms with Gasteiger partial charge < -0.3 is 13.3 Å². The summed E-state index contributed by atoms with van der Waals surface area (Å²) in [4.78, 5) is 22.2. The average Bonchev–Trinajstić information content (AvgIpc) is 2.26. The Morgan fingerprint density at radius 1 is 1.19 bits per heavy atom. The van der Waals surface area contributed by atoms with E-state index in [-0.39, 0.29) is 24.8 Å². The van der Waals surface area contributed by atoms with E-state index in [4.69, 9.17) is 13.3 Å². The highest BCUT2D eigenvalue weighted by Crippen LogP contribution is 2.00. The van der Waals surface area contributed by atoms with Crippen LogP contribution in [0.5, 0.6) is 0 Å². The first-order valence-electron chi connectivity index (χ1n) is 5.50. The van der Waals surface area contributed by atoms with Crippen molar-refractivity contribution in [3.63, 3.8) is 0 Å². The fourth-order valence-electron chi connectivity index (χ4n) is 0.976. The van der Waals surface area contributed by atoms with Gasteiger partial charge in [0.25, 0.3) is 5.97 Å². The summed E-state index contributed by atoms with van der Waals surface area (Å²) in [5.74, 6) is -0.512. The van der Waals surface area contributed by atoms with Crippen molar-refractivity contribution in [1.82, 2.24) is 0 Å². The molecule has 0 heterocycles. The number of hydrogen-bond donors (Lipinski definition) is 0.